The predicted molar refractivity (Wildman–Crippen MR) is 99.0 cm³/mol. The van der Waals surface area contributed by atoms with Crippen LogP contribution in [0.1, 0.15) is 17.3 Å². The van der Waals surface area contributed by atoms with Gasteiger partial charge in [-0.1, -0.05) is 0 Å². The fourth-order valence-corrected chi connectivity index (χ4v) is 2.81. The summed E-state index contributed by atoms with van der Waals surface area (Å²) >= 11 is 0. The van der Waals surface area contributed by atoms with Gasteiger partial charge >= 0.3 is 5.97 Å². The van der Waals surface area contributed by atoms with E-state index in [4.69, 9.17) is 4.74 Å². The van der Waals surface area contributed by atoms with Crippen LogP contribution in [0.5, 0.6) is 0 Å². The van der Waals surface area contributed by atoms with E-state index in [0.717, 1.165) is 0 Å². The zero-order valence-corrected chi connectivity index (χ0v) is 15.5. The van der Waals surface area contributed by atoms with Crippen LogP contribution >= 0.6 is 0 Å². The zero-order chi connectivity index (χ0) is 19.8. The molecular weight excluding hydrogens is 354 g/mol. The van der Waals surface area contributed by atoms with Crippen molar-refractivity contribution < 1.29 is 24.2 Å². The highest BCUT2D eigenvalue weighted by molar-refractivity contribution is 5.96. The maximum atomic E-state index is 11.9. The minimum Gasteiger partial charge on any atom is -0.478 e. The largest absolute Gasteiger partial charge is 0.478 e. The summed E-state index contributed by atoms with van der Waals surface area (Å²) in [6, 6.07) is 1.40. The number of rotatable bonds is 8. The molecule has 148 valence electrons. The fraction of sp³-hybridized carbons (Fsp3) is 0.529. The van der Waals surface area contributed by atoms with Gasteiger partial charge in [-0.15, -0.1) is 0 Å². The molecule has 2 heterocycles. The first-order valence-electron chi connectivity index (χ1n) is 8.64. The summed E-state index contributed by atoms with van der Waals surface area (Å²) in [6.07, 6.45) is 1.44. The Morgan fingerprint density at radius 1 is 1.26 bits per heavy atom. The van der Waals surface area contributed by atoms with Crippen LogP contribution in [0.25, 0.3) is 0 Å². The number of carbonyl (C=O) groups is 3. The molecule has 1 fully saturated rings. The molecule has 10 heteroatoms. The molecule has 0 radical (unpaired) electrons. The average Bonchev–Trinajstić information content (AvgIpc) is 2.62. The maximum Gasteiger partial charge on any atom is 0.339 e. The normalized spacial score (nSPS) is 14.7. The van der Waals surface area contributed by atoms with E-state index in [-0.39, 0.29) is 23.9 Å². The molecule has 2 amide bonds. The maximum absolute atomic E-state index is 11.9. The van der Waals surface area contributed by atoms with Crippen molar-refractivity contribution in [1.82, 2.24) is 15.2 Å². The number of carboxylic acids is 1. The van der Waals surface area contributed by atoms with E-state index >= 15 is 0 Å². The SMILES string of the molecule is COCCNC(=O)CN1CCN(c2ncc(NC(C)=O)cc2C(=O)O)CC1. The number of anilines is 2. The van der Waals surface area contributed by atoms with Crippen molar-refractivity contribution in [1.29, 1.82) is 0 Å². The first-order valence-corrected chi connectivity index (χ1v) is 8.64. The number of pyridine rings is 1. The second-order valence-corrected chi connectivity index (χ2v) is 6.19. The number of hydrogen-bond donors (Lipinski definition) is 3. The van der Waals surface area contributed by atoms with Crippen molar-refractivity contribution >= 4 is 29.3 Å². The lowest BCUT2D eigenvalue weighted by atomic mass is 10.2. The molecule has 1 saturated heterocycles. The standard InChI is InChI=1S/C17H25N5O5/c1-12(23)20-13-9-14(17(25)26)16(19-10-13)22-6-4-21(5-7-22)11-15(24)18-3-8-27-2/h9-10H,3-8,11H2,1-2H3,(H,18,24)(H,20,23)(H,25,26). The Labute approximate surface area is 157 Å². The monoisotopic (exact) mass is 379 g/mol. The molecule has 10 nitrogen and oxygen atoms in total. The summed E-state index contributed by atoms with van der Waals surface area (Å²) in [6.45, 7) is 4.92. The first kappa shape index (κ1) is 20.6. The number of aromatic nitrogens is 1. The lowest BCUT2D eigenvalue weighted by Gasteiger charge is -2.35. The lowest BCUT2D eigenvalue weighted by Crippen LogP contribution is -2.50. The van der Waals surface area contributed by atoms with Crippen LogP contribution in [0.2, 0.25) is 0 Å². The lowest BCUT2D eigenvalue weighted by molar-refractivity contribution is -0.122. The van der Waals surface area contributed by atoms with E-state index in [1.54, 1.807) is 7.11 Å². The Bertz CT molecular complexity index is 688. The van der Waals surface area contributed by atoms with E-state index in [1.165, 1.54) is 19.2 Å². The molecule has 1 aliphatic heterocycles. The number of hydrogen-bond acceptors (Lipinski definition) is 7. The van der Waals surface area contributed by atoms with E-state index in [0.29, 0.717) is 50.8 Å². The van der Waals surface area contributed by atoms with Gasteiger partial charge in [-0.25, -0.2) is 9.78 Å². The summed E-state index contributed by atoms with van der Waals surface area (Å²) in [5, 5.41) is 14.8. The summed E-state index contributed by atoms with van der Waals surface area (Å²) in [5.41, 5.74) is 0.377. The molecule has 1 aromatic heterocycles. The van der Waals surface area contributed by atoms with E-state index in [2.05, 4.69) is 15.6 Å². The van der Waals surface area contributed by atoms with Gasteiger partial charge in [0, 0.05) is 46.8 Å². The van der Waals surface area contributed by atoms with Crippen LogP contribution in [0.3, 0.4) is 0 Å². The molecule has 0 aromatic carbocycles. The Balaban J connectivity index is 1.96. The number of nitrogens with one attached hydrogen (secondary N) is 2. The molecule has 1 aromatic rings. The van der Waals surface area contributed by atoms with Crippen LogP contribution in [-0.4, -0.2) is 85.8 Å². The summed E-state index contributed by atoms with van der Waals surface area (Å²) in [7, 11) is 1.58. The van der Waals surface area contributed by atoms with E-state index < -0.39 is 5.97 Å². The molecular formula is C17H25N5O5. The third-order valence-corrected chi connectivity index (χ3v) is 4.08. The quantitative estimate of drug-likeness (QED) is 0.522. The molecule has 0 unspecified atom stereocenters. The average molecular weight is 379 g/mol. The molecule has 0 saturated carbocycles. The number of methoxy groups -OCH3 is 1. The molecule has 3 N–H and O–H groups in total. The second-order valence-electron chi connectivity index (χ2n) is 6.19. The van der Waals surface area contributed by atoms with Gasteiger partial charge in [-0.3, -0.25) is 14.5 Å². The number of aromatic carboxylic acids is 1. The topological polar surface area (TPSA) is 124 Å². The first-order chi connectivity index (χ1) is 12.9. The van der Waals surface area contributed by atoms with Gasteiger partial charge in [0.05, 0.1) is 25.0 Å². The van der Waals surface area contributed by atoms with Gasteiger partial charge in [0.15, 0.2) is 0 Å². The molecule has 0 atom stereocenters. The minimum absolute atomic E-state index is 0.0343. The van der Waals surface area contributed by atoms with Crippen LogP contribution in [0.15, 0.2) is 12.3 Å². The number of piperazine rings is 1. The molecule has 2 rings (SSSR count). The molecule has 0 aliphatic carbocycles. The smallest absolute Gasteiger partial charge is 0.339 e. The zero-order valence-electron chi connectivity index (χ0n) is 15.5. The highest BCUT2D eigenvalue weighted by Crippen LogP contribution is 2.22. The van der Waals surface area contributed by atoms with Crippen molar-refractivity contribution in [3.05, 3.63) is 17.8 Å². The highest BCUT2D eigenvalue weighted by atomic mass is 16.5. The van der Waals surface area contributed by atoms with Gasteiger partial charge in [-0.2, -0.15) is 0 Å². The Morgan fingerprint density at radius 2 is 1.96 bits per heavy atom. The summed E-state index contributed by atoms with van der Waals surface area (Å²) in [5.74, 6) is -1.10. The van der Waals surface area contributed by atoms with Crippen LogP contribution in [0, 0.1) is 0 Å². The van der Waals surface area contributed by atoms with Crippen LogP contribution in [0.4, 0.5) is 11.5 Å². The van der Waals surface area contributed by atoms with Gasteiger partial charge in [0.1, 0.15) is 11.4 Å². The second kappa shape index (κ2) is 9.83. The number of nitrogens with zero attached hydrogens (tertiary/aromatic N) is 3. The molecule has 0 spiro atoms. The van der Waals surface area contributed by atoms with Crippen molar-refractivity contribution in [3.8, 4) is 0 Å². The fourth-order valence-electron chi connectivity index (χ4n) is 2.81. The van der Waals surface area contributed by atoms with Crippen molar-refractivity contribution in [2.24, 2.45) is 0 Å². The third kappa shape index (κ3) is 6.19. The Morgan fingerprint density at radius 3 is 2.56 bits per heavy atom. The van der Waals surface area contributed by atoms with Gasteiger partial charge in [0.2, 0.25) is 11.8 Å². The Kier molecular flexibility index (Phi) is 7.50. The highest BCUT2D eigenvalue weighted by Gasteiger charge is 2.24. The van der Waals surface area contributed by atoms with E-state index in [1.807, 2.05) is 9.80 Å². The van der Waals surface area contributed by atoms with Gasteiger partial charge in [-0.05, 0) is 6.07 Å². The molecule has 0 bridgehead atoms. The third-order valence-electron chi connectivity index (χ3n) is 4.08. The van der Waals surface area contributed by atoms with E-state index in [9.17, 15) is 19.5 Å². The Hall–Kier alpha value is -2.72. The van der Waals surface area contributed by atoms with Crippen molar-refractivity contribution in [3.63, 3.8) is 0 Å². The number of carboxylic acid groups (broad SMARTS) is 1. The predicted octanol–water partition coefficient (Wildman–Crippen LogP) is -0.377. The van der Waals surface area contributed by atoms with Gasteiger partial charge < -0.3 is 25.4 Å². The van der Waals surface area contributed by atoms with Gasteiger partial charge in [0.25, 0.3) is 0 Å². The van der Waals surface area contributed by atoms with Crippen LogP contribution < -0.4 is 15.5 Å². The molecule has 1 aliphatic rings. The molecule has 27 heavy (non-hydrogen) atoms. The number of amides is 2. The summed E-state index contributed by atoms with van der Waals surface area (Å²) < 4.78 is 4.89. The number of ether oxygens (including phenoxy) is 1. The van der Waals surface area contributed by atoms with Crippen LogP contribution in [-0.2, 0) is 14.3 Å². The van der Waals surface area contributed by atoms with Crippen molar-refractivity contribution in [2.45, 2.75) is 6.92 Å². The summed E-state index contributed by atoms with van der Waals surface area (Å²) in [4.78, 5) is 42.7. The van der Waals surface area contributed by atoms with Crippen molar-refractivity contribution in [2.75, 3.05) is 63.2 Å². The number of carbonyl (C=O) groups excluding carboxylic acids is 2. The minimum atomic E-state index is -1.11.